The number of nitrogens with one attached hydrogen (secondary N) is 1. The van der Waals surface area contributed by atoms with Gasteiger partial charge < -0.3 is 10.2 Å². The van der Waals surface area contributed by atoms with Crippen LogP contribution in [0.25, 0.3) is 0 Å². The lowest BCUT2D eigenvalue weighted by Crippen LogP contribution is -2.53. The Hall–Kier alpha value is -3.11. The third-order valence-electron chi connectivity index (χ3n) is 5.97. The van der Waals surface area contributed by atoms with Crippen molar-refractivity contribution in [3.8, 4) is 0 Å². The summed E-state index contributed by atoms with van der Waals surface area (Å²) in [5.74, 6) is -1.01. The van der Waals surface area contributed by atoms with Crippen LogP contribution in [-0.2, 0) is 32.8 Å². The Morgan fingerprint density at radius 2 is 1.42 bits per heavy atom. The van der Waals surface area contributed by atoms with E-state index in [4.69, 9.17) is 23.2 Å². The number of likely N-dealkylation sites (N-methyl/N-ethyl adjacent to an activating group) is 1. The quantitative estimate of drug-likeness (QED) is 0.373. The number of rotatable bonds is 11. The average Bonchev–Trinajstić information content (AvgIpc) is 2.91. The number of hydrogen-bond acceptors (Lipinski definition) is 4. The maximum absolute atomic E-state index is 14.0. The van der Waals surface area contributed by atoms with Crippen LogP contribution in [0.15, 0.2) is 78.9 Å². The number of carbonyl (C=O) groups excluding carboxylic acids is 2. The monoisotopic (exact) mass is 576 g/mol. The van der Waals surface area contributed by atoms with Gasteiger partial charge in [0.25, 0.3) is 0 Å². The molecule has 11 heteroatoms. The first-order valence-electron chi connectivity index (χ1n) is 11.8. The fourth-order valence-electron chi connectivity index (χ4n) is 3.89. The van der Waals surface area contributed by atoms with Crippen LogP contribution in [0.5, 0.6) is 0 Å². The minimum absolute atomic E-state index is 0.104. The van der Waals surface area contributed by atoms with E-state index in [1.165, 1.54) is 26.0 Å². The second kappa shape index (κ2) is 13.1. The molecule has 0 aromatic heterocycles. The number of carbonyl (C=O) groups is 2. The lowest BCUT2D eigenvalue weighted by molar-refractivity contribution is -0.139. The van der Waals surface area contributed by atoms with E-state index in [1.807, 2.05) is 30.3 Å². The van der Waals surface area contributed by atoms with Crippen molar-refractivity contribution in [1.29, 1.82) is 0 Å². The van der Waals surface area contributed by atoms with E-state index in [2.05, 4.69) is 5.32 Å². The molecular weight excluding hydrogens is 547 g/mol. The third kappa shape index (κ3) is 7.05. The molecule has 0 heterocycles. The van der Waals surface area contributed by atoms with E-state index in [0.717, 1.165) is 14.2 Å². The first-order valence-corrected chi connectivity index (χ1v) is 13.9. The molecule has 3 aromatic rings. The molecule has 0 saturated carbocycles. The molecule has 3 rings (SSSR count). The summed E-state index contributed by atoms with van der Waals surface area (Å²) in [5, 5.41) is 3.28. The molecule has 0 saturated heterocycles. The highest BCUT2D eigenvalue weighted by molar-refractivity contribution is 7.90. The second-order valence-electron chi connectivity index (χ2n) is 8.67. The van der Waals surface area contributed by atoms with Crippen molar-refractivity contribution in [2.75, 3.05) is 32.0 Å². The van der Waals surface area contributed by atoms with Gasteiger partial charge in [-0.25, -0.2) is 4.31 Å². The van der Waals surface area contributed by atoms with Crippen molar-refractivity contribution in [1.82, 2.24) is 14.5 Å². The first-order chi connectivity index (χ1) is 18.1. The number of nitrogens with zero attached hydrogens (tertiary/aromatic N) is 3. The molecule has 1 N–H and O–H groups in total. The largest absolute Gasteiger partial charge is 0.357 e. The van der Waals surface area contributed by atoms with E-state index >= 15 is 0 Å². The van der Waals surface area contributed by atoms with Crippen molar-refractivity contribution in [2.45, 2.75) is 19.0 Å². The van der Waals surface area contributed by atoms with Gasteiger partial charge in [-0.2, -0.15) is 12.7 Å². The van der Waals surface area contributed by atoms with Gasteiger partial charge in [-0.05, 0) is 29.8 Å². The predicted octanol–water partition coefficient (Wildman–Crippen LogP) is 3.99. The zero-order chi connectivity index (χ0) is 27.9. The molecule has 0 aliphatic heterocycles. The highest BCUT2D eigenvalue weighted by Gasteiger charge is 2.34. The SMILES string of the molecule is CNC(=O)[C@H](Cc1ccccc1)N(Cc1c(Cl)cccc1Cl)C(=O)CN(c1ccccc1)S(=O)(=O)N(C)C. The molecule has 3 aromatic carbocycles. The molecule has 0 aliphatic carbocycles. The van der Waals surface area contributed by atoms with E-state index in [-0.39, 0.29) is 13.0 Å². The smallest absolute Gasteiger partial charge is 0.304 e. The maximum Gasteiger partial charge on any atom is 0.304 e. The summed E-state index contributed by atoms with van der Waals surface area (Å²) < 4.78 is 28.6. The van der Waals surface area contributed by atoms with Crippen LogP contribution in [0.4, 0.5) is 5.69 Å². The number of amides is 2. The Morgan fingerprint density at radius 1 is 0.868 bits per heavy atom. The van der Waals surface area contributed by atoms with Gasteiger partial charge in [0, 0.05) is 49.7 Å². The second-order valence-corrected chi connectivity index (χ2v) is 11.6. The summed E-state index contributed by atoms with van der Waals surface area (Å²) >= 11 is 12.9. The molecule has 38 heavy (non-hydrogen) atoms. The predicted molar refractivity (Wildman–Crippen MR) is 151 cm³/mol. The lowest BCUT2D eigenvalue weighted by atomic mass is 10.0. The molecule has 0 aliphatic rings. The van der Waals surface area contributed by atoms with Crippen LogP contribution < -0.4 is 9.62 Å². The number of para-hydroxylation sites is 1. The minimum atomic E-state index is -4.05. The molecule has 0 radical (unpaired) electrons. The Morgan fingerprint density at radius 3 is 1.95 bits per heavy atom. The molecule has 0 fully saturated rings. The Bertz CT molecular complexity index is 1340. The van der Waals surface area contributed by atoms with E-state index in [0.29, 0.717) is 21.3 Å². The van der Waals surface area contributed by atoms with Gasteiger partial charge in [0.05, 0.1) is 5.69 Å². The normalized spacial score (nSPS) is 12.2. The van der Waals surface area contributed by atoms with Gasteiger partial charge in [0.1, 0.15) is 12.6 Å². The highest BCUT2D eigenvalue weighted by Crippen LogP contribution is 2.28. The third-order valence-corrected chi connectivity index (χ3v) is 8.50. The molecule has 0 spiro atoms. The summed E-state index contributed by atoms with van der Waals surface area (Å²) in [4.78, 5) is 28.5. The summed E-state index contributed by atoms with van der Waals surface area (Å²) in [7, 11) is 0.208. The fraction of sp³-hybridized carbons (Fsp3) is 0.259. The van der Waals surface area contributed by atoms with Crippen molar-refractivity contribution in [3.05, 3.63) is 100 Å². The van der Waals surface area contributed by atoms with Crippen molar-refractivity contribution >= 4 is 50.9 Å². The van der Waals surface area contributed by atoms with Gasteiger partial charge in [0.2, 0.25) is 11.8 Å². The summed E-state index contributed by atoms with van der Waals surface area (Å²) in [6.07, 6.45) is 0.195. The Balaban J connectivity index is 2.09. The summed E-state index contributed by atoms with van der Waals surface area (Å²) in [6, 6.07) is 21.6. The van der Waals surface area contributed by atoms with Gasteiger partial charge in [-0.15, -0.1) is 0 Å². The zero-order valence-electron chi connectivity index (χ0n) is 21.3. The number of halogens is 2. The Labute approximate surface area is 233 Å². The van der Waals surface area contributed by atoms with Crippen molar-refractivity contribution in [3.63, 3.8) is 0 Å². The lowest BCUT2D eigenvalue weighted by Gasteiger charge is -2.34. The molecule has 8 nitrogen and oxygen atoms in total. The van der Waals surface area contributed by atoms with Gasteiger partial charge in [-0.1, -0.05) is 77.8 Å². The van der Waals surface area contributed by atoms with Gasteiger partial charge in [-0.3, -0.25) is 9.59 Å². The number of hydrogen-bond donors (Lipinski definition) is 1. The number of anilines is 1. The van der Waals surface area contributed by atoms with Crippen molar-refractivity contribution in [2.24, 2.45) is 0 Å². The average molecular weight is 578 g/mol. The molecule has 0 bridgehead atoms. The van der Waals surface area contributed by atoms with Crippen LogP contribution in [0.3, 0.4) is 0 Å². The first kappa shape index (κ1) is 29.4. The standard InChI is InChI=1S/C27H30Cl2N4O4S/c1-30-27(35)25(17-20-11-6-4-7-12-20)32(18-22-23(28)15-10-16-24(22)29)26(34)19-33(38(36,37)31(2)3)21-13-8-5-9-14-21/h4-16,25H,17-19H2,1-3H3,(H,30,35)/t25-/m0/s1. The minimum Gasteiger partial charge on any atom is -0.357 e. The molecule has 1 atom stereocenters. The fourth-order valence-corrected chi connectivity index (χ4v) is 5.46. The van der Waals surface area contributed by atoms with Crippen LogP contribution in [-0.4, -0.2) is 63.2 Å². The van der Waals surface area contributed by atoms with Crippen molar-refractivity contribution < 1.29 is 18.0 Å². The molecular formula is C27H30Cl2N4O4S. The topological polar surface area (TPSA) is 90.0 Å². The van der Waals surface area contributed by atoms with Crippen LogP contribution in [0.2, 0.25) is 10.0 Å². The van der Waals surface area contributed by atoms with Crippen LogP contribution in [0.1, 0.15) is 11.1 Å². The molecule has 202 valence electrons. The molecule has 2 amide bonds. The Kier molecular flexibility index (Phi) is 10.2. The van der Waals surface area contributed by atoms with Crippen LogP contribution in [0, 0.1) is 0 Å². The highest BCUT2D eigenvalue weighted by atomic mass is 35.5. The summed E-state index contributed by atoms with van der Waals surface area (Å²) in [6.45, 7) is -0.651. The summed E-state index contributed by atoms with van der Waals surface area (Å²) in [5.41, 5.74) is 1.59. The molecule has 0 unspecified atom stereocenters. The van der Waals surface area contributed by atoms with E-state index < -0.39 is 34.6 Å². The zero-order valence-corrected chi connectivity index (χ0v) is 23.7. The van der Waals surface area contributed by atoms with Gasteiger partial charge >= 0.3 is 10.2 Å². The van der Waals surface area contributed by atoms with Gasteiger partial charge in [0.15, 0.2) is 0 Å². The van der Waals surface area contributed by atoms with E-state index in [1.54, 1.807) is 48.5 Å². The number of benzene rings is 3. The maximum atomic E-state index is 14.0. The van der Waals surface area contributed by atoms with E-state index in [9.17, 15) is 18.0 Å². The van der Waals surface area contributed by atoms with Crippen LogP contribution >= 0.6 is 23.2 Å².